The standard InChI is InChI=1S/C56H40N2O6/c1-33-7-3-5-9-47(33)57(41-15-17-49-55(29-41)61-21-19-59-49)39-13-11-35-25-43-45-31-46-44-26-36-12-14-40(24-38(36)28-52(44)64-54(46)32-53(45)63-51(43)27-37(35)23-39)58(48-10-6-4-8-34(48)2)42-16-18-50-56(30-42)62-22-20-60-50/h3-18,23-32H,19-22H2,1-2H3. The van der Waals surface area contributed by atoms with Crippen LogP contribution in [0.5, 0.6) is 23.0 Å². The molecule has 0 fully saturated rings. The minimum atomic E-state index is 0.531. The van der Waals surface area contributed by atoms with Crippen LogP contribution in [0.4, 0.5) is 34.1 Å². The Balaban J connectivity index is 0.896. The van der Waals surface area contributed by atoms with Crippen LogP contribution in [0.15, 0.2) is 167 Å². The topological polar surface area (TPSA) is 69.7 Å². The summed E-state index contributed by atoms with van der Waals surface area (Å²) in [5.41, 5.74) is 11.8. The first kappa shape index (κ1) is 36.5. The SMILES string of the molecule is Cc1ccccc1N(c1ccc2c(c1)OCCO2)c1ccc2cc3c(cc2c1)oc1cc2oc4cc5cc(N(c6ccc7c(c6)OCCO7)c6ccccc6C)ccc5cc4c2cc13. The summed E-state index contributed by atoms with van der Waals surface area (Å²) in [5, 5.41) is 8.65. The van der Waals surface area contributed by atoms with Crippen LogP contribution in [0.3, 0.4) is 0 Å². The number of hydrogen-bond donors (Lipinski definition) is 0. The van der Waals surface area contributed by atoms with Crippen LogP contribution in [0.2, 0.25) is 0 Å². The van der Waals surface area contributed by atoms with Gasteiger partial charge in [0, 0.05) is 62.5 Å². The van der Waals surface area contributed by atoms with Crippen molar-refractivity contribution in [1.29, 1.82) is 0 Å². The number of ether oxygens (including phenoxy) is 4. The Morgan fingerprint density at radius 2 is 0.719 bits per heavy atom. The summed E-state index contributed by atoms with van der Waals surface area (Å²) in [4.78, 5) is 4.56. The average molecular weight is 837 g/mol. The van der Waals surface area contributed by atoms with Crippen molar-refractivity contribution >= 4 is 99.5 Å². The predicted molar refractivity (Wildman–Crippen MR) is 257 cm³/mol. The molecule has 9 aromatic carbocycles. The normalized spacial score (nSPS) is 13.4. The van der Waals surface area contributed by atoms with E-state index < -0.39 is 0 Å². The van der Waals surface area contributed by atoms with Crippen molar-refractivity contribution in [3.63, 3.8) is 0 Å². The largest absolute Gasteiger partial charge is 0.486 e. The number of fused-ring (bicyclic) bond motifs is 10. The van der Waals surface area contributed by atoms with Gasteiger partial charge in [-0.2, -0.15) is 0 Å². The molecule has 0 aliphatic carbocycles. The quantitative estimate of drug-likeness (QED) is 0.164. The molecule has 2 aliphatic heterocycles. The third kappa shape index (κ3) is 5.90. The van der Waals surface area contributed by atoms with E-state index in [-0.39, 0.29) is 0 Å². The maximum atomic E-state index is 6.64. The highest BCUT2D eigenvalue weighted by atomic mass is 16.6. The Morgan fingerprint density at radius 3 is 1.19 bits per heavy atom. The van der Waals surface area contributed by atoms with Crippen LogP contribution in [0, 0.1) is 13.8 Å². The fourth-order valence-electron chi connectivity index (χ4n) is 9.61. The highest BCUT2D eigenvalue weighted by Gasteiger charge is 2.22. The molecular formula is C56H40N2O6. The Morgan fingerprint density at radius 1 is 0.328 bits per heavy atom. The first-order valence-electron chi connectivity index (χ1n) is 21.7. The molecule has 11 aromatic rings. The van der Waals surface area contributed by atoms with Gasteiger partial charge in [-0.05, 0) is 138 Å². The highest BCUT2D eigenvalue weighted by molar-refractivity contribution is 6.18. The molecule has 8 nitrogen and oxygen atoms in total. The van der Waals surface area contributed by atoms with Gasteiger partial charge in [-0.15, -0.1) is 0 Å². The lowest BCUT2D eigenvalue weighted by Crippen LogP contribution is -2.16. The fraction of sp³-hybridized carbons (Fsp3) is 0.107. The zero-order chi connectivity index (χ0) is 42.5. The summed E-state index contributed by atoms with van der Waals surface area (Å²) in [6.07, 6.45) is 0. The maximum Gasteiger partial charge on any atom is 0.163 e. The molecule has 0 spiro atoms. The van der Waals surface area contributed by atoms with E-state index in [4.69, 9.17) is 27.8 Å². The molecule has 0 amide bonds. The molecule has 8 heteroatoms. The van der Waals surface area contributed by atoms with Crippen LogP contribution in [0.25, 0.3) is 65.4 Å². The Kier molecular flexibility index (Phi) is 8.12. The van der Waals surface area contributed by atoms with E-state index in [1.54, 1.807) is 0 Å². The molecule has 2 aromatic heterocycles. The van der Waals surface area contributed by atoms with E-state index in [1.165, 1.54) is 0 Å². The van der Waals surface area contributed by atoms with Gasteiger partial charge in [0.05, 0.1) is 11.4 Å². The number of hydrogen-bond acceptors (Lipinski definition) is 8. The number of nitrogens with zero attached hydrogens (tertiary/aromatic N) is 2. The van der Waals surface area contributed by atoms with Crippen LogP contribution >= 0.6 is 0 Å². The second kappa shape index (κ2) is 14.2. The molecule has 0 saturated heterocycles. The molecule has 2 aliphatic rings. The molecule has 4 heterocycles. The van der Waals surface area contributed by atoms with Crippen molar-refractivity contribution in [2.45, 2.75) is 13.8 Å². The van der Waals surface area contributed by atoms with Gasteiger partial charge in [0.15, 0.2) is 23.0 Å². The number of aryl methyl sites for hydroxylation is 2. The monoisotopic (exact) mass is 836 g/mol. The van der Waals surface area contributed by atoms with Gasteiger partial charge >= 0.3 is 0 Å². The predicted octanol–water partition coefficient (Wildman–Crippen LogP) is 14.9. The summed E-state index contributed by atoms with van der Waals surface area (Å²) >= 11 is 0. The van der Waals surface area contributed by atoms with Crippen molar-refractivity contribution in [1.82, 2.24) is 0 Å². The van der Waals surface area contributed by atoms with E-state index in [0.29, 0.717) is 26.4 Å². The van der Waals surface area contributed by atoms with Crippen LogP contribution in [-0.4, -0.2) is 26.4 Å². The van der Waals surface area contributed by atoms with Crippen molar-refractivity contribution in [2.24, 2.45) is 0 Å². The lowest BCUT2D eigenvalue weighted by Gasteiger charge is -2.28. The molecular weight excluding hydrogens is 797 g/mol. The lowest BCUT2D eigenvalue weighted by molar-refractivity contribution is 0.171. The van der Waals surface area contributed by atoms with E-state index in [2.05, 4.69) is 163 Å². The third-order valence-corrected chi connectivity index (χ3v) is 12.7. The van der Waals surface area contributed by atoms with Gasteiger partial charge < -0.3 is 37.6 Å². The summed E-state index contributed by atoms with van der Waals surface area (Å²) in [6, 6.07) is 55.5. The Hall–Kier alpha value is -8.10. The van der Waals surface area contributed by atoms with E-state index >= 15 is 0 Å². The van der Waals surface area contributed by atoms with Crippen LogP contribution in [-0.2, 0) is 0 Å². The van der Waals surface area contributed by atoms with Gasteiger partial charge in [-0.1, -0.05) is 48.5 Å². The molecule has 0 radical (unpaired) electrons. The Bertz CT molecular complexity index is 3460. The maximum absolute atomic E-state index is 6.64. The van der Waals surface area contributed by atoms with Crippen molar-refractivity contribution in [3.05, 3.63) is 169 Å². The van der Waals surface area contributed by atoms with Gasteiger partial charge in [0.1, 0.15) is 48.8 Å². The fourth-order valence-corrected chi connectivity index (χ4v) is 9.61. The average Bonchev–Trinajstić information content (AvgIpc) is 3.85. The highest BCUT2D eigenvalue weighted by Crippen LogP contribution is 2.46. The van der Waals surface area contributed by atoms with Crippen molar-refractivity contribution < 1.29 is 27.8 Å². The summed E-state index contributed by atoms with van der Waals surface area (Å²) < 4.78 is 37.0. The first-order valence-corrected chi connectivity index (χ1v) is 21.7. The van der Waals surface area contributed by atoms with Crippen molar-refractivity contribution in [2.75, 3.05) is 36.2 Å². The number of para-hydroxylation sites is 2. The van der Waals surface area contributed by atoms with E-state index in [0.717, 1.165) is 134 Å². The zero-order valence-corrected chi connectivity index (χ0v) is 35.2. The van der Waals surface area contributed by atoms with Gasteiger partial charge in [-0.25, -0.2) is 0 Å². The molecule has 0 unspecified atom stereocenters. The lowest BCUT2D eigenvalue weighted by atomic mass is 10.0. The molecule has 13 rings (SSSR count). The number of rotatable bonds is 6. The second-order valence-electron chi connectivity index (χ2n) is 16.7. The molecule has 0 saturated carbocycles. The minimum absolute atomic E-state index is 0.531. The third-order valence-electron chi connectivity index (χ3n) is 12.7. The number of benzene rings is 9. The van der Waals surface area contributed by atoms with Gasteiger partial charge in [0.2, 0.25) is 0 Å². The smallest absolute Gasteiger partial charge is 0.163 e. The second-order valence-corrected chi connectivity index (χ2v) is 16.7. The molecule has 64 heavy (non-hydrogen) atoms. The number of anilines is 6. The minimum Gasteiger partial charge on any atom is -0.486 e. The van der Waals surface area contributed by atoms with E-state index in [1.807, 2.05) is 18.2 Å². The van der Waals surface area contributed by atoms with Crippen LogP contribution < -0.4 is 28.7 Å². The zero-order valence-electron chi connectivity index (χ0n) is 35.2. The molecule has 0 N–H and O–H groups in total. The molecule has 0 bridgehead atoms. The summed E-state index contributed by atoms with van der Waals surface area (Å²) in [5.74, 6) is 3.04. The van der Waals surface area contributed by atoms with Gasteiger partial charge in [0.25, 0.3) is 0 Å². The molecule has 0 atom stereocenters. The van der Waals surface area contributed by atoms with Crippen molar-refractivity contribution in [3.8, 4) is 23.0 Å². The van der Waals surface area contributed by atoms with Crippen LogP contribution in [0.1, 0.15) is 11.1 Å². The number of furan rings is 2. The summed E-state index contributed by atoms with van der Waals surface area (Å²) in [6.45, 7) is 6.45. The van der Waals surface area contributed by atoms with Gasteiger partial charge in [-0.3, -0.25) is 0 Å². The Labute approximate surface area is 367 Å². The molecule has 310 valence electrons. The first-order chi connectivity index (χ1) is 31.5. The summed E-state index contributed by atoms with van der Waals surface area (Å²) in [7, 11) is 0. The van der Waals surface area contributed by atoms with E-state index in [9.17, 15) is 0 Å².